The van der Waals surface area contributed by atoms with Gasteiger partial charge in [0.2, 0.25) is 0 Å². The fraction of sp³-hybridized carbons (Fsp3) is 0.786. The molecule has 2 rings (SSSR count). The van der Waals surface area contributed by atoms with Crippen molar-refractivity contribution in [2.24, 2.45) is 5.92 Å². The first kappa shape index (κ1) is 25.4. The Hall–Kier alpha value is -0.860. The summed E-state index contributed by atoms with van der Waals surface area (Å²) in [5, 5.41) is 3.74. The van der Waals surface area contributed by atoms with Crippen molar-refractivity contribution < 1.29 is 0 Å². The van der Waals surface area contributed by atoms with Crippen molar-refractivity contribution in [1.82, 2.24) is 10.2 Å². The summed E-state index contributed by atoms with van der Waals surface area (Å²) in [5.41, 5.74) is 1.46. The Morgan fingerprint density at radius 2 is 1.27 bits per heavy atom. The molecule has 1 N–H and O–H groups in total. The van der Waals surface area contributed by atoms with E-state index in [1.54, 1.807) is 0 Å². The van der Waals surface area contributed by atoms with Gasteiger partial charge in [0.05, 0.1) is 0 Å². The molecule has 1 aromatic carbocycles. The second-order valence-corrected chi connectivity index (χ2v) is 9.65. The van der Waals surface area contributed by atoms with Gasteiger partial charge in [-0.15, -0.1) is 0 Å². The van der Waals surface area contributed by atoms with Crippen LogP contribution >= 0.6 is 0 Å². The predicted octanol–water partition coefficient (Wildman–Crippen LogP) is 7.58. The van der Waals surface area contributed by atoms with E-state index in [0.29, 0.717) is 0 Å². The number of rotatable bonds is 18. The van der Waals surface area contributed by atoms with Crippen LogP contribution in [-0.2, 0) is 6.54 Å². The van der Waals surface area contributed by atoms with Gasteiger partial charge in [0.25, 0.3) is 0 Å². The molecular formula is C28H50N2. The first-order valence-electron chi connectivity index (χ1n) is 13.4. The molecule has 1 aliphatic rings. The largest absolute Gasteiger partial charge is 0.316 e. The average Bonchev–Trinajstić information content (AvgIpc) is 2.78. The van der Waals surface area contributed by atoms with Crippen molar-refractivity contribution in [3.05, 3.63) is 35.9 Å². The molecule has 0 aliphatic carbocycles. The number of nitrogens with one attached hydrogen (secondary N) is 1. The summed E-state index contributed by atoms with van der Waals surface area (Å²) in [7, 11) is 0. The van der Waals surface area contributed by atoms with E-state index in [1.165, 1.54) is 128 Å². The molecule has 0 atom stereocenters. The highest BCUT2D eigenvalue weighted by atomic mass is 15.1. The lowest BCUT2D eigenvalue weighted by Crippen LogP contribution is -2.37. The zero-order chi connectivity index (χ0) is 21.1. The van der Waals surface area contributed by atoms with Gasteiger partial charge < -0.3 is 5.32 Å². The Morgan fingerprint density at radius 1 is 0.733 bits per heavy atom. The van der Waals surface area contributed by atoms with E-state index < -0.39 is 0 Å². The number of benzene rings is 1. The van der Waals surface area contributed by atoms with E-state index >= 15 is 0 Å². The van der Waals surface area contributed by atoms with Crippen LogP contribution in [0.15, 0.2) is 30.3 Å². The van der Waals surface area contributed by atoms with Crippen LogP contribution in [0.2, 0.25) is 0 Å². The van der Waals surface area contributed by atoms with Gasteiger partial charge in [-0.2, -0.15) is 0 Å². The predicted molar refractivity (Wildman–Crippen MR) is 133 cm³/mol. The molecule has 2 heteroatoms. The van der Waals surface area contributed by atoms with Crippen molar-refractivity contribution in [2.45, 2.75) is 110 Å². The van der Waals surface area contributed by atoms with Crippen molar-refractivity contribution in [1.29, 1.82) is 0 Å². The van der Waals surface area contributed by atoms with E-state index in [0.717, 1.165) is 12.5 Å². The molecule has 0 unspecified atom stereocenters. The molecule has 30 heavy (non-hydrogen) atoms. The fourth-order valence-corrected chi connectivity index (χ4v) is 4.76. The zero-order valence-corrected chi connectivity index (χ0v) is 20.1. The first-order valence-corrected chi connectivity index (χ1v) is 13.4. The van der Waals surface area contributed by atoms with E-state index in [2.05, 4.69) is 47.5 Å². The first-order chi connectivity index (χ1) is 14.9. The molecule has 1 saturated heterocycles. The van der Waals surface area contributed by atoms with E-state index in [1.807, 2.05) is 0 Å². The quantitative estimate of drug-likeness (QED) is 0.249. The summed E-state index contributed by atoms with van der Waals surface area (Å²) >= 11 is 0. The summed E-state index contributed by atoms with van der Waals surface area (Å²) in [6.45, 7) is 8.41. The van der Waals surface area contributed by atoms with Crippen LogP contribution in [0, 0.1) is 5.92 Å². The van der Waals surface area contributed by atoms with Gasteiger partial charge in [-0.05, 0) is 56.9 Å². The molecule has 0 aromatic heterocycles. The Kier molecular flexibility index (Phi) is 15.1. The molecular weight excluding hydrogens is 364 g/mol. The molecule has 172 valence electrons. The number of hydrogen-bond donors (Lipinski definition) is 1. The highest BCUT2D eigenvalue weighted by Gasteiger charge is 2.18. The molecule has 0 amide bonds. The van der Waals surface area contributed by atoms with Crippen LogP contribution in [0.5, 0.6) is 0 Å². The van der Waals surface area contributed by atoms with Crippen molar-refractivity contribution in [2.75, 3.05) is 26.2 Å². The molecule has 1 heterocycles. The van der Waals surface area contributed by atoms with Gasteiger partial charge in [0.15, 0.2) is 0 Å². The zero-order valence-electron chi connectivity index (χ0n) is 20.1. The minimum atomic E-state index is 0.888. The summed E-state index contributed by atoms with van der Waals surface area (Å²) < 4.78 is 0. The van der Waals surface area contributed by atoms with E-state index in [9.17, 15) is 0 Å². The highest BCUT2D eigenvalue weighted by Crippen LogP contribution is 2.18. The minimum Gasteiger partial charge on any atom is -0.316 e. The maximum absolute atomic E-state index is 3.74. The van der Waals surface area contributed by atoms with Gasteiger partial charge >= 0.3 is 0 Å². The third kappa shape index (κ3) is 12.7. The van der Waals surface area contributed by atoms with Crippen LogP contribution in [0.25, 0.3) is 0 Å². The smallest absolute Gasteiger partial charge is 0.0233 e. The molecule has 0 saturated carbocycles. The number of piperidine rings is 1. The van der Waals surface area contributed by atoms with Crippen LogP contribution in [0.3, 0.4) is 0 Å². The Labute approximate surface area is 188 Å². The number of likely N-dealkylation sites (tertiary alicyclic amines) is 1. The number of hydrogen-bond acceptors (Lipinski definition) is 2. The lowest BCUT2D eigenvalue weighted by molar-refractivity contribution is 0.175. The molecule has 2 nitrogen and oxygen atoms in total. The SMILES string of the molecule is CCCCCCCCCCCCCCCNCC1CCN(Cc2ccccc2)CC1. The Morgan fingerprint density at radius 3 is 1.83 bits per heavy atom. The molecule has 1 fully saturated rings. The summed E-state index contributed by atoms with van der Waals surface area (Å²) in [6, 6.07) is 10.9. The molecule has 0 bridgehead atoms. The normalized spacial score (nSPS) is 15.6. The fourth-order valence-electron chi connectivity index (χ4n) is 4.76. The Bertz CT molecular complexity index is 479. The number of nitrogens with zero attached hydrogens (tertiary/aromatic N) is 1. The van der Waals surface area contributed by atoms with Gasteiger partial charge in [-0.1, -0.05) is 114 Å². The monoisotopic (exact) mass is 414 g/mol. The molecule has 1 aromatic rings. The maximum atomic E-state index is 3.74. The third-order valence-corrected chi connectivity index (χ3v) is 6.85. The average molecular weight is 415 g/mol. The van der Waals surface area contributed by atoms with Gasteiger partial charge in [0, 0.05) is 6.54 Å². The van der Waals surface area contributed by atoms with Crippen molar-refractivity contribution >= 4 is 0 Å². The summed E-state index contributed by atoms with van der Waals surface area (Å²) in [4.78, 5) is 2.62. The standard InChI is InChI=1S/C28H50N2/c1-2-3-4-5-6-7-8-9-10-11-12-13-17-22-29-25-27-20-23-30(24-21-27)26-28-18-15-14-16-19-28/h14-16,18-19,27,29H,2-13,17,20-26H2,1H3. The highest BCUT2D eigenvalue weighted by molar-refractivity contribution is 5.14. The van der Waals surface area contributed by atoms with Gasteiger partial charge in [-0.3, -0.25) is 4.90 Å². The van der Waals surface area contributed by atoms with Crippen molar-refractivity contribution in [3.8, 4) is 0 Å². The summed E-state index contributed by atoms with van der Waals surface area (Å²) in [5.74, 6) is 0.888. The van der Waals surface area contributed by atoms with E-state index in [-0.39, 0.29) is 0 Å². The molecule has 0 radical (unpaired) electrons. The lowest BCUT2D eigenvalue weighted by Gasteiger charge is -2.32. The minimum absolute atomic E-state index is 0.888. The second kappa shape index (κ2) is 17.8. The van der Waals surface area contributed by atoms with Gasteiger partial charge in [-0.25, -0.2) is 0 Å². The van der Waals surface area contributed by atoms with Gasteiger partial charge in [0.1, 0.15) is 0 Å². The van der Waals surface area contributed by atoms with Crippen LogP contribution < -0.4 is 5.32 Å². The van der Waals surface area contributed by atoms with E-state index in [4.69, 9.17) is 0 Å². The molecule has 0 spiro atoms. The second-order valence-electron chi connectivity index (χ2n) is 9.65. The lowest BCUT2D eigenvalue weighted by atomic mass is 9.96. The van der Waals surface area contributed by atoms with Crippen LogP contribution in [0.1, 0.15) is 109 Å². The maximum Gasteiger partial charge on any atom is 0.0233 e. The van der Waals surface area contributed by atoms with Crippen LogP contribution in [-0.4, -0.2) is 31.1 Å². The number of unbranched alkanes of at least 4 members (excludes halogenated alkanes) is 12. The van der Waals surface area contributed by atoms with Crippen molar-refractivity contribution in [3.63, 3.8) is 0 Å². The van der Waals surface area contributed by atoms with Crippen LogP contribution in [0.4, 0.5) is 0 Å². The molecule has 1 aliphatic heterocycles. The summed E-state index contributed by atoms with van der Waals surface area (Å²) in [6.07, 6.45) is 21.5. The third-order valence-electron chi connectivity index (χ3n) is 6.85. The Balaban J connectivity index is 1.31. The topological polar surface area (TPSA) is 15.3 Å².